The smallest absolute Gasteiger partial charge is 0.335 e. The second-order valence-corrected chi connectivity index (χ2v) is 5.78. The van der Waals surface area contributed by atoms with Crippen LogP contribution in [-0.4, -0.2) is 16.9 Å². The van der Waals surface area contributed by atoms with Gasteiger partial charge in [0.05, 0.1) is 14.2 Å². The Morgan fingerprint density at radius 3 is 2.06 bits per heavy atom. The lowest BCUT2D eigenvalue weighted by atomic mass is 10.1. The normalized spacial score (nSPS) is 10.2. The summed E-state index contributed by atoms with van der Waals surface area (Å²) >= 11 is 4.64. The fraction of sp³-hybridized carbons (Fsp3) is 0. The molecule has 1 aromatic heterocycles. The van der Waals surface area contributed by atoms with E-state index in [1.165, 1.54) is 35.6 Å². The second kappa shape index (κ2) is 4.81. The molecule has 0 aliphatic carbocycles. The van der Waals surface area contributed by atoms with Gasteiger partial charge in [0.15, 0.2) is 0 Å². The number of thiophene rings is 1. The third-order valence-corrected chi connectivity index (χ3v) is 3.81. The van der Waals surface area contributed by atoms with E-state index in [0.717, 1.165) is 3.79 Å². The molecule has 0 fully saturated rings. The van der Waals surface area contributed by atoms with Crippen LogP contribution in [0.5, 0.6) is 0 Å². The minimum Gasteiger partial charge on any atom is -0.478 e. The third kappa shape index (κ3) is 2.62. The van der Waals surface area contributed by atoms with Crippen molar-refractivity contribution >= 4 is 39.0 Å². The van der Waals surface area contributed by atoms with Gasteiger partial charge in [-0.3, -0.25) is 4.79 Å². The molecular weight excluding hydrogens is 304 g/mol. The van der Waals surface area contributed by atoms with E-state index in [1.807, 2.05) is 6.07 Å². The van der Waals surface area contributed by atoms with Crippen molar-refractivity contribution in [3.8, 4) is 0 Å². The molecule has 0 unspecified atom stereocenters. The van der Waals surface area contributed by atoms with Gasteiger partial charge in [0.25, 0.3) is 0 Å². The SMILES string of the molecule is O=C(O)c1ccc(C(=O)c2ccc(Br)s2)cc1. The van der Waals surface area contributed by atoms with Gasteiger partial charge in [-0.2, -0.15) is 0 Å². The Morgan fingerprint density at radius 2 is 1.59 bits per heavy atom. The molecule has 1 N–H and O–H groups in total. The van der Waals surface area contributed by atoms with Crippen LogP contribution in [0.1, 0.15) is 25.6 Å². The molecule has 1 aromatic carbocycles. The number of aromatic carboxylic acids is 1. The summed E-state index contributed by atoms with van der Waals surface area (Å²) < 4.78 is 0.892. The van der Waals surface area contributed by atoms with Crippen LogP contribution in [0.4, 0.5) is 0 Å². The van der Waals surface area contributed by atoms with Gasteiger partial charge in [-0.15, -0.1) is 11.3 Å². The molecule has 5 heteroatoms. The van der Waals surface area contributed by atoms with Crippen LogP contribution in [0.3, 0.4) is 0 Å². The monoisotopic (exact) mass is 310 g/mol. The lowest BCUT2D eigenvalue weighted by Crippen LogP contribution is -2.01. The predicted octanol–water partition coefficient (Wildman–Crippen LogP) is 3.44. The van der Waals surface area contributed by atoms with E-state index in [0.29, 0.717) is 10.4 Å². The van der Waals surface area contributed by atoms with Crippen LogP contribution < -0.4 is 0 Å². The van der Waals surface area contributed by atoms with Crippen molar-refractivity contribution in [1.82, 2.24) is 0 Å². The molecule has 0 aliphatic heterocycles. The summed E-state index contributed by atoms with van der Waals surface area (Å²) in [4.78, 5) is 23.3. The van der Waals surface area contributed by atoms with Crippen LogP contribution in [-0.2, 0) is 0 Å². The molecule has 0 bridgehead atoms. The van der Waals surface area contributed by atoms with E-state index >= 15 is 0 Å². The van der Waals surface area contributed by atoms with Gasteiger partial charge >= 0.3 is 5.97 Å². The first-order valence-corrected chi connectivity index (χ1v) is 6.32. The highest BCUT2D eigenvalue weighted by molar-refractivity contribution is 9.11. The molecule has 0 atom stereocenters. The molecular formula is C12H7BrO3S. The number of benzene rings is 1. The van der Waals surface area contributed by atoms with Crippen LogP contribution >= 0.6 is 27.3 Å². The predicted molar refractivity (Wildman–Crippen MR) is 68.9 cm³/mol. The maximum absolute atomic E-state index is 12.0. The first kappa shape index (κ1) is 12.0. The first-order chi connectivity index (χ1) is 8.08. The van der Waals surface area contributed by atoms with Gasteiger partial charge in [0, 0.05) is 5.56 Å². The molecule has 0 radical (unpaired) electrons. The van der Waals surface area contributed by atoms with E-state index in [2.05, 4.69) is 15.9 Å². The zero-order chi connectivity index (χ0) is 12.4. The van der Waals surface area contributed by atoms with E-state index in [9.17, 15) is 9.59 Å². The summed E-state index contributed by atoms with van der Waals surface area (Å²) in [6.07, 6.45) is 0. The quantitative estimate of drug-likeness (QED) is 0.884. The second-order valence-electron chi connectivity index (χ2n) is 3.32. The average Bonchev–Trinajstić information content (AvgIpc) is 2.75. The summed E-state index contributed by atoms with van der Waals surface area (Å²) in [5.74, 6) is -1.10. The van der Waals surface area contributed by atoms with E-state index in [1.54, 1.807) is 6.07 Å². The maximum atomic E-state index is 12.0. The number of carboxylic acid groups (broad SMARTS) is 1. The number of hydrogen-bond donors (Lipinski definition) is 1. The maximum Gasteiger partial charge on any atom is 0.335 e. The molecule has 0 spiro atoms. The van der Waals surface area contributed by atoms with Crippen LogP contribution in [0.2, 0.25) is 0 Å². The van der Waals surface area contributed by atoms with Crippen molar-refractivity contribution in [1.29, 1.82) is 0 Å². The average molecular weight is 311 g/mol. The number of carbonyl (C=O) groups is 2. The number of ketones is 1. The molecule has 2 aromatic rings. The van der Waals surface area contributed by atoms with Crippen LogP contribution in [0, 0.1) is 0 Å². The zero-order valence-corrected chi connectivity index (χ0v) is 10.9. The molecule has 3 nitrogen and oxygen atoms in total. The molecule has 1 heterocycles. The van der Waals surface area contributed by atoms with E-state index in [4.69, 9.17) is 5.11 Å². The molecule has 0 saturated carbocycles. The van der Waals surface area contributed by atoms with Gasteiger partial charge in [-0.1, -0.05) is 12.1 Å². The fourth-order valence-corrected chi connectivity index (χ4v) is 2.69. The summed E-state index contributed by atoms with van der Waals surface area (Å²) in [6, 6.07) is 9.46. The van der Waals surface area contributed by atoms with Crippen molar-refractivity contribution in [2.75, 3.05) is 0 Å². The lowest BCUT2D eigenvalue weighted by molar-refractivity contribution is 0.0696. The minimum absolute atomic E-state index is 0.0994. The largest absolute Gasteiger partial charge is 0.478 e. The highest BCUT2D eigenvalue weighted by Gasteiger charge is 2.12. The molecule has 17 heavy (non-hydrogen) atoms. The Hall–Kier alpha value is -1.46. The number of hydrogen-bond acceptors (Lipinski definition) is 3. The van der Waals surface area contributed by atoms with Gasteiger partial charge < -0.3 is 5.11 Å². The highest BCUT2D eigenvalue weighted by atomic mass is 79.9. The van der Waals surface area contributed by atoms with E-state index < -0.39 is 5.97 Å². The standard InChI is InChI=1S/C12H7BrO3S/c13-10-6-5-9(17-10)11(14)7-1-3-8(4-2-7)12(15)16/h1-6H,(H,15,16). The summed E-state index contributed by atoms with van der Waals surface area (Å²) in [5, 5.41) is 8.75. The Bertz CT molecular complexity index is 572. The number of carboxylic acids is 1. The molecule has 0 amide bonds. The Labute approximate surface area is 110 Å². The zero-order valence-electron chi connectivity index (χ0n) is 8.51. The Kier molecular flexibility index (Phi) is 3.40. The van der Waals surface area contributed by atoms with Crippen molar-refractivity contribution in [3.63, 3.8) is 0 Å². The topological polar surface area (TPSA) is 54.4 Å². The lowest BCUT2D eigenvalue weighted by Gasteiger charge is -1.99. The van der Waals surface area contributed by atoms with Crippen molar-refractivity contribution in [3.05, 3.63) is 56.2 Å². The molecule has 2 rings (SSSR count). The summed E-state index contributed by atoms with van der Waals surface area (Å²) in [5.41, 5.74) is 0.665. The summed E-state index contributed by atoms with van der Waals surface area (Å²) in [7, 11) is 0. The highest BCUT2D eigenvalue weighted by Crippen LogP contribution is 2.24. The number of rotatable bonds is 3. The Morgan fingerprint density at radius 1 is 1.00 bits per heavy atom. The Balaban J connectivity index is 2.29. The van der Waals surface area contributed by atoms with E-state index in [-0.39, 0.29) is 11.3 Å². The van der Waals surface area contributed by atoms with Crippen molar-refractivity contribution < 1.29 is 14.7 Å². The third-order valence-electron chi connectivity index (χ3n) is 2.19. The van der Waals surface area contributed by atoms with Crippen LogP contribution in [0.15, 0.2) is 40.2 Å². The molecule has 86 valence electrons. The summed E-state index contributed by atoms with van der Waals surface area (Å²) in [6.45, 7) is 0. The molecule has 0 saturated heterocycles. The van der Waals surface area contributed by atoms with Gasteiger partial charge in [-0.25, -0.2) is 4.79 Å². The van der Waals surface area contributed by atoms with Crippen molar-refractivity contribution in [2.45, 2.75) is 0 Å². The first-order valence-electron chi connectivity index (χ1n) is 4.71. The molecule has 0 aliphatic rings. The fourth-order valence-electron chi connectivity index (χ4n) is 1.34. The minimum atomic E-state index is -0.997. The van der Waals surface area contributed by atoms with Crippen LogP contribution in [0.25, 0.3) is 0 Å². The number of carbonyl (C=O) groups excluding carboxylic acids is 1. The van der Waals surface area contributed by atoms with Crippen molar-refractivity contribution in [2.24, 2.45) is 0 Å². The van der Waals surface area contributed by atoms with Gasteiger partial charge in [0.2, 0.25) is 5.78 Å². The number of halogens is 1. The van der Waals surface area contributed by atoms with Gasteiger partial charge in [-0.05, 0) is 40.2 Å². The van der Waals surface area contributed by atoms with Gasteiger partial charge in [0.1, 0.15) is 0 Å².